The number of carboxylic acids is 1. The number of allylic oxidation sites excluding steroid dienone is 16. The maximum Gasteiger partial charge on any atom is 0.472 e. The first-order chi connectivity index (χ1) is 28.2. The van der Waals surface area contributed by atoms with E-state index in [2.05, 4.69) is 111 Å². The number of nitrogens with two attached hydrogens (primary N) is 1. The molecule has 4 N–H and O–H groups in total. The second kappa shape index (κ2) is 42.0. The van der Waals surface area contributed by atoms with Gasteiger partial charge in [-0.25, -0.2) is 4.57 Å². The lowest BCUT2D eigenvalue weighted by Crippen LogP contribution is -2.34. The van der Waals surface area contributed by atoms with E-state index in [1.54, 1.807) is 0 Å². The molecular formula is C47H78NO9P. The molecule has 3 unspecified atom stereocenters. The predicted molar refractivity (Wildman–Crippen MR) is 239 cm³/mol. The number of rotatable bonds is 40. The number of aliphatic carboxylic acids is 1. The lowest BCUT2D eigenvalue weighted by molar-refractivity contribution is -0.154. The molecule has 0 spiro atoms. The summed E-state index contributed by atoms with van der Waals surface area (Å²) in [7, 11) is -4.64. The molecule has 330 valence electrons. The molecule has 0 aliphatic carbocycles. The summed E-state index contributed by atoms with van der Waals surface area (Å²) in [6.07, 6.45) is 54.6. The standard InChI is InChI=1S/C47H78NO9P/c1-3-5-7-9-11-13-15-17-19-20-21-22-23-24-25-27-29-31-33-35-37-39-46(49)57-44(42-55-58(52,53)56-43-45(48)47(50)51)41-54-40-38-36-34-32-30-28-26-18-16-14-12-10-8-6-4-2/h5,7,10-13,16-19,21-22,24-25,29,31,44-45H,3-4,6,8-9,14-15,20,23,26-28,30,32-43,48H2,1-2H3,(H,50,51)(H,52,53)/b7-5-,12-10-,13-11-,18-16-,19-17-,22-21-,25-24-,31-29-. The summed E-state index contributed by atoms with van der Waals surface area (Å²) in [5.41, 5.74) is 5.35. The van der Waals surface area contributed by atoms with Crippen LogP contribution in [0.3, 0.4) is 0 Å². The number of phosphoric acid groups is 1. The molecule has 3 atom stereocenters. The van der Waals surface area contributed by atoms with Crippen LogP contribution in [0.1, 0.15) is 149 Å². The quantitative estimate of drug-likeness (QED) is 0.0235. The van der Waals surface area contributed by atoms with Gasteiger partial charge in [-0.3, -0.25) is 18.6 Å². The first kappa shape index (κ1) is 54.9. The molecule has 0 heterocycles. The monoisotopic (exact) mass is 832 g/mol. The summed E-state index contributed by atoms with van der Waals surface area (Å²) in [4.78, 5) is 33.5. The van der Waals surface area contributed by atoms with Gasteiger partial charge in [0.05, 0.1) is 19.8 Å². The van der Waals surface area contributed by atoms with Crippen LogP contribution in [-0.4, -0.2) is 60.5 Å². The fraction of sp³-hybridized carbons (Fsp3) is 0.617. The Morgan fingerprint density at radius 3 is 1.50 bits per heavy atom. The molecule has 0 amide bonds. The summed E-state index contributed by atoms with van der Waals surface area (Å²) < 4.78 is 33.3. The summed E-state index contributed by atoms with van der Waals surface area (Å²) in [6, 6.07) is -1.49. The van der Waals surface area contributed by atoms with Gasteiger partial charge in [-0.2, -0.15) is 0 Å². The third-order valence-corrected chi connectivity index (χ3v) is 9.55. The number of unbranched alkanes of at least 4 members (excludes halogenated alkanes) is 10. The van der Waals surface area contributed by atoms with Gasteiger partial charge >= 0.3 is 19.8 Å². The molecule has 0 saturated heterocycles. The average molecular weight is 832 g/mol. The molecule has 0 aliphatic heterocycles. The molecule has 58 heavy (non-hydrogen) atoms. The van der Waals surface area contributed by atoms with Crippen LogP contribution < -0.4 is 5.73 Å². The van der Waals surface area contributed by atoms with Crippen LogP contribution in [0, 0.1) is 0 Å². The lowest BCUT2D eigenvalue weighted by atomic mass is 10.1. The Morgan fingerprint density at radius 2 is 1.00 bits per heavy atom. The highest BCUT2D eigenvalue weighted by Crippen LogP contribution is 2.43. The number of carbonyl (C=O) groups excluding carboxylic acids is 1. The highest BCUT2D eigenvalue weighted by atomic mass is 31.2. The zero-order chi connectivity index (χ0) is 42.6. The number of phosphoric ester groups is 1. The summed E-state index contributed by atoms with van der Waals surface area (Å²) >= 11 is 0. The van der Waals surface area contributed by atoms with Crippen molar-refractivity contribution in [3.05, 3.63) is 97.2 Å². The normalized spacial score (nSPS) is 14.8. The van der Waals surface area contributed by atoms with Crippen LogP contribution in [0.5, 0.6) is 0 Å². The van der Waals surface area contributed by atoms with Crippen molar-refractivity contribution >= 4 is 19.8 Å². The van der Waals surface area contributed by atoms with Crippen molar-refractivity contribution in [2.24, 2.45) is 5.73 Å². The van der Waals surface area contributed by atoms with E-state index in [4.69, 9.17) is 29.4 Å². The van der Waals surface area contributed by atoms with Crippen LogP contribution in [0.4, 0.5) is 0 Å². The number of hydrogen-bond acceptors (Lipinski definition) is 8. The van der Waals surface area contributed by atoms with Crippen LogP contribution >= 0.6 is 7.82 Å². The lowest BCUT2D eigenvalue weighted by Gasteiger charge is -2.20. The Kier molecular flexibility index (Phi) is 39.8. The van der Waals surface area contributed by atoms with Crippen LogP contribution in [0.25, 0.3) is 0 Å². The van der Waals surface area contributed by atoms with E-state index < -0.39 is 45.1 Å². The van der Waals surface area contributed by atoms with Gasteiger partial charge in [0.2, 0.25) is 0 Å². The summed E-state index contributed by atoms with van der Waals surface area (Å²) in [6.45, 7) is 3.62. The van der Waals surface area contributed by atoms with E-state index in [0.29, 0.717) is 13.0 Å². The molecular weight excluding hydrogens is 753 g/mol. The summed E-state index contributed by atoms with van der Waals surface area (Å²) in [5, 5.41) is 8.90. The largest absolute Gasteiger partial charge is 0.480 e. The molecule has 0 rings (SSSR count). The fourth-order valence-corrected chi connectivity index (χ4v) is 5.99. The van der Waals surface area contributed by atoms with Gasteiger partial charge in [-0.15, -0.1) is 0 Å². The maximum absolute atomic E-state index is 12.6. The number of esters is 1. The van der Waals surface area contributed by atoms with E-state index in [1.807, 2.05) is 0 Å². The second-order valence-corrected chi connectivity index (χ2v) is 15.5. The van der Waals surface area contributed by atoms with Crippen LogP contribution in [-0.2, 0) is 32.7 Å². The molecule has 0 radical (unpaired) electrons. The third kappa shape index (κ3) is 41.1. The Labute approximate surface area is 351 Å². The number of ether oxygens (including phenoxy) is 2. The van der Waals surface area contributed by atoms with Gasteiger partial charge in [-0.1, -0.05) is 150 Å². The van der Waals surface area contributed by atoms with E-state index in [9.17, 15) is 19.0 Å². The topological polar surface area (TPSA) is 155 Å². The van der Waals surface area contributed by atoms with Crippen molar-refractivity contribution in [3.8, 4) is 0 Å². The van der Waals surface area contributed by atoms with Gasteiger partial charge in [0.25, 0.3) is 0 Å². The highest BCUT2D eigenvalue weighted by molar-refractivity contribution is 7.47. The number of carbonyl (C=O) groups is 2. The second-order valence-electron chi connectivity index (χ2n) is 14.1. The minimum absolute atomic E-state index is 0.0148. The van der Waals surface area contributed by atoms with Crippen molar-refractivity contribution in [2.45, 2.75) is 161 Å². The predicted octanol–water partition coefficient (Wildman–Crippen LogP) is 12.1. The molecule has 10 nitrogen and oxygen atoms in total. The van der Waals surface area contributed by atoms with Gasteiger partial charge < -0.3 is 25.2 Å². The van der Waals surface area contributed by atoms with E-state index >= 15 is 0 Å². The molecule has 0 saturated carbocycles. The van der Waals surface area contributed by atoms with Gasteiger partial charge in [0.1, 0.15) is 12.1 Å². The van der Waals surface area contributed by atoms with Crippen molar-refractivity contribution in [3.63, 3.8) is 0 Å². The summed E-state index contributed by atoms with van der Waals surface area (Å²) in [5.74, 6) is -1.84. The average Bonchev–Trinajstić information content (AvgIpc) is 3.20. The van der Waals surface area contributed by atoms with Crippen molar-refractivity contribution in [2.75, 3.05) is 26.4 Å². The van der Waals surface area contributed by atoms with E-state index in [1.165, 1.54) is 32.1 Å². The van der Waals surface area contributed by atoms with Crippen molar-refractivity contribution in [1.82, 2.24) is 0 Å². The van der Waals surface area contributed by atoms with Crippen molar-refractivity contribution < 1.29 is 42.7 Å². The molecule has 0 fully saturated rings. The molecule has 0 aromatic rings. The minimum atomic E-state index is -4.64. The Morgan fingerprint density at radius 1 is 0.569 bits per heavy atom. The number of carboxylic acid groups (broad SMARTS) is 1. The van der Waals surface area contributed by atoms with E-state index in [0.717, 1.165) is 89.9 Å². The van der Waals surface area contributed by atoms with Gasteiger partial charge in [0, 0.05) is 13.0 Å². The zero-order valence-electron chi connectivity index (χ0n) is 35.8. The van der Waals surface area contributed by atoms with Gasteiger partial charge in [0.15, 0.2) is 0 Å². The molecule has 0 bridgehead atoms. The number of hydrogen-bond donors (Lipinski definition) is 3. The minimum Gasteiger partial charge on any atom is -0.480 e. The first-order valence-electron chi connectivity index (χ1n) is 21.8. The Hall–Kier alpha value is -3.11. The van der Waals surface area contributed by atoms with Crippen LogP contribution in [0.15, 0.2) is 97.2 Å². The van der Waals surface area contributed by atoms with Crippen molar-refractivity contribution in [1.29, 1.82) is 0 Å². The molecule has 11 heteroatoms. The third-order valence-electron chi connectivity index (χ3n) is 8.60. The first-order valence-corrected chi connectivity index (χ1v) is 23.3. The highest BCUT2D eigenvalue weighted by Gasteiger charge is 2.27. The van der Waals surface area contributed by atoms with Gasteiger partial charge in [-0.05, 0) is 89.9 Å². The molecule has 0 aromatic heterocycles. The molecule has 0 aromatic carbocycles. The SMILES string of the molecule is CC/C=C\C/C=C\C/C=C\C/C=C\C/C=C\C/C=C\CCCCC(=O)OC(COCCCCCCCC/C=C\C/C=C\CCCC)COP(=O)(O)OCC(N)C(=O)O. The fourth-order valence-electron chi connectivity index (χ4n) is 5.21. The Bertz CT molecular complexity index is 1280. The van der Waals surface area contributed by atoms with E-state index in [-0.39, 0.29) is 13.0 Å². The zero-order valence-corrected chi connectivity index (χ0v) is 36.7. The smallest absolute Gasteiger partial charge is 0.472 e. The van der Waals surface area contributed by atoms with Crippen LogP contribution in [0.2, 0.25) is 0 Å². The molecule has 0 aliphatic rings. The Balaban J connectivity index is 4.38. The maximum atomic E-state index is 12.6.